The number of rotatable bonds is 16. The first-order valence-corrected chi connectivity index (χ1v) is 10.7. The number of unbranched alkanes of at least 4 members (excludes halogenated alkanes) is 12. The molecule has 0 spiro atoms. The molecule has 0 aliphatic rings. The first-order valence-electron chi connectivity index (χ1n) is 10.7. The maximum Gasteiger partial charge on any atom is 0.335 e. The Morgan fingerprint density at radius 1 is 0.846 bits per heavy atom. The van der Waals surface area contributed by atoms with Crippen molar-refractivity contribution in [2.45, 2.75) is 96.8 Å². The van der Waals surface area contributed by atoms with Crippen LogP contribution in [-0.4, -0.2) is 5.97 Å². The molecule has 0 aliphatic heterocycles. The lowest BCUT2D eigenvalue weighted by molar-refractivity contribution is -0.129. The fraction of sp³-hybridized carbons (Fsp3) is 0.625. The third kappa shape index (κ3) is 11.1. The molecule has 0 radical (unpaired) electrons. The highest BCUT2D eigenvalue weighted by Gasteiger charge is 2.06. The molecule has 26 heavy (non-hydrogen) atoms. The van der Waals surface area contributed by atoms with Gasteiger partial charge in [-0.25, -0.2) is 4.79 Å². The lowest BCUT2D eigenvalue weighted by atomic mass is 10.0. The molecule has 1 aromatic rings. The summed E-state index contributed by atoms with van der Waals surface area (Å²) >= 11 is 0. The summed E-state index contributed by atoms with van der Waals surface area (Å²) in [7, 11) is 0. The molecular formula is C24H38O2. The van der Waals surface area contributed by atoms with E-state index in [-0.39, 0.29) is 5.97 Å². The quantitative estimate of drug-likeness (QED) is 0.133. The molecule has 0 atom stereocenters. The number of benzene rings is 1. The molecule has 1 aromatic carbocycles. The summed E-state index contributed by atoms with van der Waals surface area (Å²) in [6, 6.07) is 7.81. The molecular weight excluding hydrogens is 320 g/mol. The minimum absolute atomic E-state index is 0.386. The molecule has 0 N–H and O–H groups in total. The molecule has 146 valence electrons. The number of esters is 1. The first kappa shape index (κ1) is 22.5. The van der Waals surface area contributed by atoms with Gasteiger partial charge in [-0.05, 0) is 24.5 Å². The van der Waals surface area contributed by atoms with Gasteiger partial charge in [0.25, 0.3) is 0 Å². The Balaban J connectivity index is 2.01. The van der Waals surface area contributed by atoms with Crippen molar-refractivity contribution in [1.82, 2.24) is 0 Å². The minimum Gasteiger partial charge on any atom is -0.423 e. The van der Waals surface area contributed by atoms with E-state index < -0.39 is 0 Å². The highest BCUT2D eigenvalue weighted by atomic mass is 16.5. The molecule has 0 unspecified atom stereocenters. The van der Waals surface area contributed by atoms with Crippen LogP contribution in [0.2, 0.25) is 0 Å². The number of hydrogen-bond acceptors (Lipinski definition) is 2. The summed E-state index contributed by atoms with van der Waals surface area (Å²) in [5.41, 5.74) is 1.12. The van der Waals surface area contributed by atoms with Gasteiger partial charge in [0.05, 0.1) is 0 Å². The largest absolute Gasteiger partial charge is 0.423 e. The molecule has 0 saturated carbocycles. The number of ether oxygens (including phenoxy) is 1. The first-order chi connectivity index (χ1) is 12.8. The molecule has 0 saturated heterocycles. The summed E-state index contributed by atoms with van der Waals surface area (Å²) < 4.78 is 5.30. The third-order valence-corrected chi connectivity index (χ3v) is 4.90. The number of carbonyl (C=O) groups is 1. The maximum absolute atomic E-state index is 11.4. The molecule has 0 amide bonds. The van der Waals surface area contributed by atoms with E-state index >= 15 is 0 Å². The Morgan fingerprint density at radius 3 is 1.88 bits per heavy atom. The standard InChI is InChI=1S/C24H38O2/c1-3-5-6-7-8-9-10-11-12-13-14-15-16-19-22-20-17-18-21-23(22)26-24(25)4-2/h4,17-18,20-21H,2-3,5-16,19H2,1H3. The predicted octanol–water partition coefficient (Wildman–Crippen LogP) is 7.41. The van der Waals surface area contributed by atoms with Crippen molar-refractivity contribution in [2.24, 2.45) is 0 Å². The van der Waals surface area contributed by atoms with Crippen LogP contribution in [0.1, 0.15) is 96.0 Å². The Labute approximate surface area is 161 Å². The molecule has 0 aromatic heterocycles. The van der Waals surface area contributed by atoms with Crippen LogP contribution in [0.3, 0.4) is 0 Å². The van der Waals surface area contributed by atoms with Crippen molar-refractivity contribution >= 4 is 5.97 Å². The van der Waals surface area contributed by atoms with Crippen LogP contribution in [0.5, 0.6) is 5.75 Å². The van der Waals surface area contributed by atoms with Crippen LogP contribution in [0.15, 0.2) is 36.9 Å². The summed E-state index contributed by atoms with van der Waals surface area (Å²) in [5.74, 6) is 0.291. The van der Waals surface area contributed by atoms with Crippen LogP contribution >= 0.6 is 0 Å². The van der Waals surface area contributed by atoms with E-state index in [4.69, 9.17) is 4.74 Å². The van der Waals surface area contributed by atoms with E-state index in [1.807, 2.05) is 24.3 Å². The number of aryl methyl sites for hydroxylation is 1. The Kier molecular flexibility index (Phi) is 13.5. The molecule has 0 aliphatic carbocycles. The zero-order valence-corrected chi connectivity index (χ0v) is 16.8. The lowest BCUT2D eigenvalue weighted by Gasteiger charge is -2.08. The van der Waals surface area contributed by atoms with Gasteiger partial charge >= 0.3 is 5.97 Å². The van der Waals surface area contributed by atoms with Crippen LogP contribution in [-0.2, 0) is 11.2 Å². The molecule has 0 bridgehead atoms. The topological polar surface area (TPSA) is 26.3 Å². The zero-order chi connectivity index (χ0) is 18.9. The summed E-state index contributed by atoms with van der Waals surface area (Å²) in [5, 5.41) is 0. The van der Waals surface area contributed by atoms with Gasteiger partial charge in [-0.15, -0.1) is 0 Å². The molecule has 1 rings (SSSR count). The van der Waals surface area contributed by atoms with Crippen molar-refractivity contribution < 1.29 is 9.53 Å². The molecule has 2 nitrogen and oxygen atoms in total. The highest BCUT2D eigenvalue weighted by Crippen LogP contribution is 2.21. The van der Waals surface area contributed by atoms with E-state index in [9.17, 15) is 4.79 Å². The lowest BCUT2D eigenvalue weighted by Crippen LogP contribution is -2.05. The summed E-state index contributed by atoms with van der Waals surface area (Å²) in [6.07, 6.45) is 19.9. The summed E-state index contributed by atoms with van der Waals surface area (Å²) in [6.45, 7) is 5.73. The van der Waals surface area contributed by atoms with Crippen molar-refractivity contribution in [2.75, 3.05) is 0 Å². The second-order valence-corrected chi connectivity index (χ2v) is 7.23. The van der Waals surface area contributed by atoms with Gasteiger partial charge in [-0.3, -0.25) is 0 Å². The number of carbonyl (C=O) groups excluding carboxylic acids is 1. The van der Waals surface area contributed by atoms with Crippen molar-refractivity contribution in [3.8, 4) is 5.75 Å². The van der Waals surface area contributed by atoms with Crippen LogP contribution < -0.4 is 4.74 Å². The molecule has 0 heterocycles. The van der Waals surface area contributed by atoms with Crippen LogP contribution in [0, 0.1) is 0 Å². The minimum atomic E-state index is -0.386. The van der Waals surface area contributed by atoms with E-state index in [1.165, 1.54) is 83.1 Å². The third-order valence-electron chi connectivity index (χ3n) is 4.90. The van der Waals surface area contributed by atoms with Crippen molar-refractivity contribution in [3.05, 3.63) is 42.5 Å². The van der Waals surface area contributed by atoms with Gasteiger partial charge in [0.1, 0.15) is 5.75 Å². The predicted molar refractivity (Wildman–Crippen MR) is 112 cm³/mol. The monoisotopic (exact) mass is 358 g/mol. The second-order valence-electron chi connectivity index (χ2n) is 7.23. The van der Waals surface area contributed by atoms with Gasteiger partial charge in [0.15, 0.2) is 0 Å². The van der Waals surface area contributed by atoms with E-state index in [2.05, 4.69) is 13.5 Å². The van der Waals surface area contributed by atoms with E-state index in [1.54, 1.807) is 0 Å². The van der Waals surface area contributed by atoms with Crippen LogP contribution in [0.25, 0.3) is 0 Å². The van der Waals surface area contributed by atoms with Crippen molar-refractivity contribution in [1.29, 1.82) is 0 Å². The summed E-state index contributed by atoms with van der Waals surface area (Å²) in [4.78, 5) is 11.4. The van der Waals surface area contributed by atoms with Gasteiger partial charge in [-0.1, -0.05) is 109 Å². The van der Waals surface area contributed by atoms with Crippen LogP contribution in [0.4, 0.5) is 0 Å². The fourth-order valence-electron chi connectivity index (χ4n) is 3.29. The average molecular weight is 359 g/mol. The fourth-order valence-corrected chi connectivity index (χ4v) is 3.29. The van der Waals surface area contributed by atoms with Gasteiger partial charge in [-0.2, -0.15) is 0 Å². The Bertz CT molecular complexity index is 493. The van der Waals surface area contributed by atoms with Gasteiger partial charge < -0.3 is 4.74 Å². The highest BCUT2D eigenvalue weighted by molar-refractivity contribution is 5.83. The maximum atomic E-state index is 11.4. The number of para-hydroxylation sites is 1. The molecule has 0 fully saturated rings. The SMILES string of the molecule is C=CC(=O)Oc1ccccc1CCCCCCCCCCCCCCC. The van der Waals surface area contributed by atoms with Gasteiger partial charge in [0.2, 0.25) is 0 Å². The Morgan fingerprint density at radius 2 is 1.35 bits per heavy atom. The van der Waals surface area contributed by atoms with E-state index in [0.717, 1.165) is 18.4 Å². The normalized spacial score (nSPS) is 10.7. The number of hydrogen-bond donors (Lipinski definition) is 0. The van der Waals surface area contributed by atoms with Gasteiger partial charge in [0, 0.05) is 6.08 Å². The zero-order valence-electron chi connectivity index (χ0n) is 16.8. The smallest absolute Gasteiger partial charge is 0.335 e. The second kappa shape index (κ2) is 15.7. The molecule has 2 heteroatoms. The Hall–Kier alpha value is -1.57. The van der Waals surface area contributed by atoms with E-state index in [0.29, 0.717) is 5.75 Å². The average Bonchev–Trinajstić information content (AvgIpc) is 2.66. The van der Waals surface area contributed by atoms with Crippen molar-refractivity contribution in [3.63, 3.8) is 0 Å².